The number of hydrogen-bond donors (Lipinski definition) is 1. The molecule has 1 aliphatic rings. The molecule has 0 saturated carbocycles. The molecule has 0 aromatic heterocycles. The van der Waals surface area contributed by atoms with Crippen molar-refractivity contribution in [2.24, 2.45) is 0 Å². The van der Waals surface area contributed by atoms with Gasteiger partial charge in [-0.15, -0.1) is 12.4 Å². The van der Waals surface area contributed by atoms with Gasteiger partial charge in [-0.05, 0) is 37.9 Å². The molecule has 0 radical (unpaired) electrons. The Morgan fingerprint density at radius 3 is 2.76 bits per heavy atom. The largest absolute Gasteiger partial charge is 0.494 e. The number of nitrogens with zero attached hydrogens (tertiary/aromatic N) is 1. The average molecular weight is 313 g/mol. The molecular weight excluding hydrogens is 288 g/mol. The van der Waals surface area contributed by atoms with Crippen LogP contribution in [-0.2, 0) is 4.79 Å². The molecule has 1 aromatic carbocycles. The normalized spacial score (nSPS) is 17.7. The number of likely N-dealkylation sites (N-methyl/N-ethyl adjacent to an activating group) is 1. The second kappa shape index (κ2) is 9.64. The van der Waals surface area contributed by atoms with E-state index in [4.69, 9.17) is 4.74 Å². The van der Waals surface area contributed by atoms with E-state index in [9.17, 15) is 4.79 Å². The molecule has 1 unspecified atom stereocenters. The molecule has 0 bridgehead atoms. The second-order valence-corrected chi connectivity index (χ2v) is 5.28. The zero-order valence-corrected chi connectivity index (χ0v) is 13.4. The van der Waals surface area contributed by atoms with E-state index < -0.39 is 0 Å². The fourth-order valence-corrected chi connectivity index (χ4v) is 2.45. The number of ether oxygens (including phenoxy) is 1. The summed E-state index contributed by atoms with van der Waals surface area (Å²) >= 11 is 0. The van der Waals surface area contributed by atoms with Crippen molar-refractivity contribution in [2.75, 3.05) is 26.7 Å². The highest BCUT2D eigenvalue weighted by molar-refractivity contribution is 5.85. The van der Waals surface area contributed by atoms with E-state index in [1.54, 1.807) is 0 Å². The lowest BCUT2D eigenvalue weighted by Gasteiger charge is -2.27. The number of nitrogens with one attached hydrogen (secondary N) is 1. The van der Waals surface area contributed by atoms with Crippen LogP contribution in [-0.4, -0.2) is 43.6 Å². The Morgan fingerprint density at radius 2 is 2.10 bits per heavy atom. The molecule has 5 heteroatoms. The van der Waals surface area contributed by atoms with Crippen LogP contribution >= 0.6 is 12.4 Å². The van der Waals surface area contributed by atoms with Crippen LogP contribution in [0, 0.1) is 0 Å². The SMILES string of the molecule is CN(CCCOc1ccccc1)C(=O)C1CCCCN1.Cl. The summed E-state index contributed by atoms with van der Waals surface area (Å²) in [6.07, 6.45) is 4.14. The van der Waals surface area contributed by atoms with Gasteiger partial charge in [-0.25, -0.2) is 0 Å². The van der Waals surface area contributed by atoms with Crippen molar-refractivity contribution >= 4 is 18.3 Å². The van der Waals surface area contributed by atoms with Crippen molar-refractivity contribution in [1.29, 1.82) is 0 Å². The molecule has 1 fully saturated rings. The van der Waals surface area contributed by atoms with E-state index in [1.807, 2.05) is 42.3 Å². The lowest BCUT2D eigenvalue weighted by molar-refractivity contribution is -0.132. The second-order valence-electron chi connectivity index (χ2n) is 5.28. The van der Waals surface area contributed by atoms with E-state index in [-0.39, 0.29) is 24.4 Å². The molecular formula is C16H25ClN2O2. The van der Waals surface area contributed by atoms with E-state index in [1.165, 1.54) is 6.42 Å². The minimum absolute atomic E-state index is 0. The van der Waals surface area contributed by atoms with E-state index in [2.05, 4.69) is 5.32 Å². The monoisotopic (exact) mass is 312 g/mol. The van der Waals surface area contributed by atoms with Crippen LogP contribution in [0.5, 0.6) is 5.75 Å². The molecule has 0 aliphatic carbocycles. The summed E-state index contributed by atoms with van der Waals surface area (Å²) in [5.74, 6) is 1.10. The number of rotatable bonds is 6. The van der Waals surface area contributed by atoms with Gasteiger partial charge in [0.05, 0.1) is 12.6 Å². The predicted molar refractivity (Wildman–Crippen MR) is 87.1 cm³/mol. The van der Waals surface area contributed by atoms with Gasteiger partial charge >= 0.3 is 0 Å². The third-order valence-electron chi connectivity index (χ3n) is 3.63. The summed E-state index contributed by atoms with van der Waals surface area (Å²) in [5.41, 5.74) is 0. The van der Waals surface area contributed by atoms with Crippen LogP contribution in [0.3, 0.4) is 0 Å². The number of benzene rings is 1. The molecule has 21 heavy (non-hydrogen) atoms. The van der Waals surface area contributed by atoms with Gasteiger partial charge in [-0.3, -0.25) is 4.79 Å². The van der Waals surface area contributed by atoms with Crippen LogP contribution in [0.1, 0.15) is 25.7 Å². The van der Waals surface area contributed by atoms with Gasteiger partial charge in [0.25, 0.3) is 0 Å². The van der Waals surface area contributed by atoms with Gasteiger partial charge in [0.2, 0.25) is 5.91 Å². The number of hydrogen-bond acceptors (Lipinski definition) is 3. The summed E-state index contributed by atoms with van der Waals surface area (Å²) in [6.45, 7) is 2.34. The van der Waals surface area contributed by atoms with Crippen molar-refractivity contribution in [3.8, 4) is 5.75 Å². The summed E-state index contributed by atoms with van der Waals surface area (Å²) in [4.78, 5) is 14.0. The zero-order chi connectivity index (χ0) is 14.2. The van der Waals surface area contributed by atoms with Gasteiger partial charge in [-0.1, -0.05) is 24.6 Å². The molecule has 1 N–H and O–H groups in total. The first kappa shape index (κ1) is 17.8. The first-order valence-electron chi connectivity index (χ1n) is 7.43. The fraction of sp³-hybridized carbons (Fsp3) is 0.562. The van der Waals surface area contributed by atoms with Crippen LogP contribution in [0.4, 0.5) is 0 Å². The van der Waals surface area contributed by atoms with Crippen molar-refractivity contribution in [2.45, 2.75) is 31.7 Å². The number of carbonyl (C=O) groups is 1. The molecule has 1 aromatic rings. The minimum atomic E-state index is 0. The van der Waals surface area contributed by atoms with Gasteiger partial charge in [0.15, 0.2) is 0 Å². The number of piperidine rings is 1. The maximum atomic E-state index is 12.2. The van der Waals surface area contributed by atoms with Gasteiger partial charge in [0.1, 0.15) is 5.75 Å². The highest BCUT2D eigenvalue weighted by Gasteiger charge is 2.23. The molecule has 1 amide bonds. The maximum Gasteiger partial charge on any atom is 0.239 e. The Labute approximate surface area is 133 Å². The summed E-state index contributed by atoms with van der Waals surface area (Å²) < 4.78 is 5.63. The number of halogens is 1. The molecule has 118 valence electrons. The Morgan fingerprint density at radius 1 is 1.33 bits per heavy atom. The zero-order valence-electron chi connectivity index (χ0n) is 12.6. The van der Waals surface area contributed by atoms with Crippen molar-refractivity contribution in [3.63, 3.8) is 0 Å². The molecule has 2 rings (SSSR count). The predicted octanol–water partition coefficient (Wildman–Crippen LogP) is 2.48. The van der Waals surface area contributed by atoms with E-state index in [0.717, 1.165) is 38.1 Å². The van der Waals surface area contributed by atoms with E-state index in [0.29, 0.717) is 6.61 Å². The van der Waals surface area contributed by atoms with Gasteiger partial charge < -0.3 is 15.0 Å². The standard InChI is InChI=1S/C16H24N2O2.ClH/c1-18(16(19)15-10-5-6-11-17-15)12-7-13-20-14-8-3-2-4-9-14;/h2-4,8-9,15,17H,5-7,10-13H2,1H3;1H. The van der Waals surface area contributed by atoms with Crippen LogP contribution < -0.4 is 10.1 Å². The van der Waals surface area contributed by atoms with E-state index >= 15 is 0 Å². The summed E-state index contributed by atoms with van der Waals surface area (Å²) in [6, 6.07) is 9.79. The van der Waals surface area contributed by atoms with Crippen LogP contribution in [0.15, 0.2) is 30.3 Å². The first-order valence-corrected chi connectivity index (χ1v) is 7.43. The molecule has 1 aliphatic heterocycles. The average Bonchev–Trinajstić information content (AvgIpc) is 2.52. The molecule has 1 heterocycles. The highest BCUT2D eigenvalue weighted by atomic mass is 35.5. The maximum absolute atomic E-state index is 12.2. The molecule has 4 nitrogen and oxygen atoms in total. The molecule has 0 spiro atoms. The summed E-state index contributed by atoms with van der Waals surface area (Å²) in [5, 5.41) is 3.29. The number of amides is 1. The first-order chi connectivity index (χ1) is 9.77. The Balaban J connectivity index is 0.00000220. The fourth-order valence-electron chi connectivity index (χ4n) is 2.45. The highest BCUT2D eigenvalue weighted by Crippen LogP contribution is 2.10. The van der Waals surface area contributed by atoms with Gasteiger partial charge in [-0.2, -0.15) is 0 Å². The smallest absolute Gasteiger partial charge is 0.239 e. The molecule has 1 saturated heterocycles. The lowest BCUT2D eigenvalue weighted by atomic mass is 10.0. The van der Waals surface area contributed by atoms with Crippen molar-refractivity contribution < 1.29 is 9.53 Å². The van der Waals surface area contributed by atoms with Crippen molar-refractivity contribution in [3.05, 3.63) is 30.3 Å². The van der Waals surface area contributed by atoms with Crippen LogP contribution in [0.25, 0.3) is 0 Å². The van der Waals surface area contributed by atoms with Gasteiger partial charge in [0, 0.05) is 13.6 Å². The number of para-hydroxylation sites is 1. The Bertz CT molecular complexity index is 408. The Hall–Kier alpha value is -1.26. The lowest BCUT2D eigenvalue weighted by Crippen LogP contribution is -2.47. The minimum Gasteiger partial charge on any atom is -0.494 e. The third kappa shape index (κ3) is 5.94. The topological polar surface area (TPSA) is 41.6 Å². The van der Waals surface area contributed by atoms with Crippen LogP contribution in [0.2, 0.25) is 0 Å². The quantitative estimate of drug-likeness (QED) is 0.821. The molecule has 1 atom stereocenters. The number of carbonyl (C=O) groups excluding carboxylic acids is 1. The Kier molecular flexibility index (Phi) is 8.16. The van der Waals surface area contributed by atoms with Crippen molar-refractivity contribution in [1.82, 2.24) is 10.2 Å². The third-order valence-corrected chi connectivity index (χ3v) is 3.63. The summed E-state index contributed by atoms with van der Waals surface area (Å²) in [7, 11) is 1.88.